The molecule has 3 aromatic rings. The van der Waals surface area contributed by atoms with Gasteiger partial charge in [-0.25, -0.2) is 4.85 Å². The number of hydrogen-bond donors (Lipinski definition) is 2. The quantitative estimate of drug-likeness (QED) is 0.234. The third-order valence-electron chi connectivity index (χ3n) is 9.60. The highest BCUT2D eigenvalue weighted by atomic mass is 16.2. The Hall–Kier alpha value is -5.95. The van der Waals surface area contributed by atoms with Crippen molar-refractivity contribution in [1.82, 2.24) is 20.0 Å². The zero-order valence-electron chi connectivity index (χ0n) is 27.2. The summed E-state index contributed by atoms with van der Waals surface area (Å²) in [6.45, 7) is 14.1. The van der Waals surface area contributed by atoms with Crippen LogP contribution in [0.25, 0.3) is 4.85 Å². The van der Waals surface area contributed by atoms with E-state index in [9.17, 15) is 24.0 Å². The van der Waals surface area contributed by atoms with Crippen LogP contribution in [-0.2, 0) is 19.9 Å². The number of nitrogens with zero attached hydrogens (tertiary/aromatic N) is 6. The normalized spacial score (nSPS) is 19.2. The summed E-state index contributed by atoms with van der Waals surface area (Å²) >= 11 is 0. The van der Waals surface area contributed by atoms with Crippen LogP contribution in [0, 0.1) is 24.3 Å². The molecule has 0 radical (unpaired) electrons. The van der Waals surface area contributed by atoms with E-state index in [4.69, 9.17) is 6.57 Å². The lowest BCUT2D eigenvalue weighted by atomic mass is 9.98. The van der Waals surface area contributed by atoms with Gasteiger partial charge in [-0.15, -0.1) is 0 Å². The van der Waals surface area contributed by atoms with Crippen LogP contribution in [0.2, 0.25) is 0 Å². The van der Waals surface area contributed by atoms with Gasteiger partial charge in [0, 0.05) is 55.9 Å². The number of hydrogen-bond acceptors (Lipinski definition) is 8. The largest absolute Gasteiger partial charge is 0.380 e. The molecule has 0 saturated carbocycles. The Balaban J connectivity index is 0.968. The number of rotatable bonds is 6. The van der Waals surface area contributed by atoms with E-state index in [1.54, 1.807) is 61.3 Å². The van der Waals surface area contributed by atoms with Gasteiger partial charge in [0.1, 0.15) is 11.6 Å². The van der Waals surface area contributed by atoms with Gasteiger partial charge in [-0.05, 0) is 63.4 Å². The Kier molecular flexibility index (Phi) is 7.91. The van der Waals surface area contributed by atoms with E-state index >= 15 is 0 Å². The van der Waals surface area contributed by atoms with Crippen molar-refractivity contribution >= 4 is 52.3 Å². The van der Waals surface area contributed by atoms with Crippen LogP contribution in [0.4, 0.5) is 22.7 Å². The van der Waals surface area contributed by atoms with Crippen LogP contribution in [0.5, 0.6) is 0 Å². The second-order valence-corrected chi connectivity index (χ2v) is 13.2. The highest BCUT2D eigenvalue weighted by Gasteiger charge is 2.45. The van der Waals surface area contributed by atoms with Gasteiger partial charge in [-0.1, -0.05) is 17.9 Å². The molecule has 13 heteroatoms. The molecule has 0 spiro atoms. The third-order valence-corrected chi connectivity index (χ3v) is 9.60. The Bertz CT molecular complexity index is 2020. The first kappa shape index (κ1) is 31.6. The van der Waals surface area contributed by atoms with E-state index < -0.39 is 35.2 Å². The summed E-state index contributed by atoms with van der Waals surface area (Å²) in [5, 5.41) is 9.63. The molecule has 5 heterocycles. The van der Waals surface area contributed by atoms with Crippen molar-refractivity contribution in [1.29, 1.82) is 0 Å². The zero-order valence-corrected chi connectivity index (χ0v) is 27.2. The molecule has 2 N–H and O–H groups in total. The van der Waals surface area contributed by atoms with E-state index in [2.05, 4.69) is 42.2 Å². The number of carbonyl (C=O) groups excluding carboxylic acids is 5. The van der Waals surface area contributed by atoms with Gasteiger partial charge in [0.25, 0.3) is 17.7 Å². The first-order valence-electron chi connectivity index (χ1n) is 16.3. The number of benzene rings is 2. The van der Waals surface area contributed by atoms with E-state index in [0.29, 0.717) is 30.0 Å². The Morgan fingerprint density at radius 3 is 2.51 bits per heavy atom. The summed E-state index contributed by atoms with van der Waals surface area (Å²) in [5.41, 5.74) is 2.96. The van der Waals surface area contributed by atoms with E-state index in [1.807, 2.05) is 6.07 Å². The maximum absolute atomic E-state index is 13.4. The molecule has 3 fully saturated rings. The van der Waals surface area contributed by atoms with Crippen LogP contribution in [0.1, 0.15) is 65.8 Å². The standard InChI is InChI=1S/C36H34N8O5/c1-36(2,35(49)39-24-8-11-28(37-3)30(16-24)41-14-4-5-15-41)43-21-22(18-38-43)6-7-23-19-42(20-23)25-9-10-26-27(17-25)34(48)44(33(26)47)29-12-13-31(45)40-32(29)46/h8-11,16-18,21,23,29H,4-5,12-15,19-20H2,1-2H3,(H,39,49)(H,40,45,46). The average Bonchev–Trinajstić information content (AvgIpc) is 3.82. The highest BCUT2D eigenvalue weighted by Crippen LogP contribution is 2.35. The van der Waals surface area contributed by atoms with E-state index in [0.717, 1.165) is 42.2 Å². The lowest BCUT2D eigenvalue weighted by Gasteiger charge is -2.38. The molecule has 3 saturated heterocycles. The number of carbonyl (C=O) groups is 5. The van der Waals surface area contributed by atoms with Crippen molar-refractivity contribution in [3.05, 3.63) is 76.9 Å². The van der Waals surface area contributed by atoms with Gasteiger partial charge in [0.2, 0.25) is 17.5 Å². The molecule has 5 amide bonds. The van der Waals surface area contributed by atoms with Gasteiger partial charge in [0.05, 0.1) is 35.4 Å². The summed E-state index contributed by atoms with van der Waals surface area (Å²) in [6.07, 6.45) is 5.72. The van der Waals surface area contributed by atoms with Crippen LogP contribution in [-0.4, -0.2) is 76.4 Å². The predicted octanol–water partition coefficient (Wildman–Crippen LogP) is 3.30. The topological polar surface area (TPSA) is 141 Å². The molecule has 7 rings (SSSR count). The molecule has 1 aromatic heterocycles. The Morgan fingerprint density at radius 2 is 1.78 bits per heavy atom. The van der Waals surface area contributed by atoms with E-state index in [1.165, 1.54) is 0 Å². The van der Waals surface area contributed by atoms with Crippen molar-refractivity contribution in [3.8, 4) is 11.8 Å². The molecule has 248 valence electrons. The fourth-order valence-corrected chi connectivity index (χ4v) is 6.61. The van der Waals surface area contributed by atoms with Gasteiger partial charge in [-0.2, -0.15) is 5.10 Å². The SMILES string of the molecule is [C-]#[N+]c1ccc(NC(=O)C(C)(C)n2cc(C#CC3CN(c4ccc5c(c4)C(=O)N(C4CCC(=O)NC4=O)C5=O)C3)cn2)cc1N1CCCC1. The van der Waals surface area contributed by atoms with Crippen LogP contribution in [0.15, 0.2) is 48.8 Å². The smallest absolute Gasteiger partial charge is 0.262 e. The van der Waals surface area contributed by atoms with Crippen LogP contribution in [0.3, 0.4) is 0 Å². The molecule has 2 aromatic carbocycles. The van der Waals surface area contributed by atoms with Crippen LogP contribution < -0.4 is 20.4 Å². The number of amides is 5. The first-order chi connectivity index (χ1) is 23.5. The highest BCUT2D eigenvalue weighted by molar-refractivity contribution is 6.23. The van der Waals surface area contributed by atoms with Crippen molar-refractivity contribution in [2.45, 2.75) is 51.1 Å². The number of aromatic nitrogens is 2. The van der Waals surface area contributed by atoms with Gasteiger partial charge in [0.15, 0.2) is 0 Å². The van der Waals surface area contributed by atoms with E-state index in [-0.39, 0.29) is 35.8 Å². The number of anilines is 3. The maximum Gasteiger partial charge on any atom is 0.262 e. The van der Waals surface area contributed by atoms with Crippen molar-refractivity contribution < 1.29 is 24.0 Å². The third kappa shape index (κ3) is 5.78. The molecule has 1 atom stereocenters. The minimum atomic E-state index is -1.01. The molecule has 0 bridgehead atoms. The first-order valence-corrected chi connectivity index (χ1v) is 16.3. The zero-order chi connectivity index (χ0) is 34.4. The molecule has 49 heavy (non-hydrogen) atoms. The van der Waals surface area contributed by atoms with Gasteiger partial charge in [-0.3, -0.25) is 38.9 Å². The molecule has 4 aliphatic heterocycles. The molecule has 4 aliphatic rings. The van der Waals surface area contributed by atoms with Gasteiger partial charge >= 0.3 is 0 Å². The number of piperidine rings is 1. The second kappa shape index (κ2) is 12.3. The second-order valence-electron chi connectivity index (χ2n) is 13.2. The number of fused-ring (bicyclic) bond motifs is 1. The predicted molar refractivity (Wildman–Crippen MR) is 180 cm³/mol. The minimum Gasteiger partial charge on any atom is -0.380 e. The fourth-order valence-electron chi connectivity index (χ4n) is 6.61. The lowest BCUT2D eigenvalue weighted by Crippen LogP contribution is -2.54. The lowest BCUT2D eigenvalue weighted by molar-refractivity contribution is -0.136. The monoisotopic (exact) mass is 658 g/mol. The summed E-state index contributed by atoms with van der Waals surface area (Å²) in [6, 6.07) is 9.42. The molecule has 13 nitrogen and oxygen atoms in total. The van der Waals surface area contributed by atoms with Crippen LogP contribution >= 0.6 is 0 Å². The maximum atomic E-state index is 13.4. The summed E-state index contributed by atoms with van der Waals surface area (Å²) in [7, 11) is 0. The number of imide groups is 2. The van der Waals surface area contributed by atoms with Crippen molar-refractivity contribution in [2.75, 3.05) is 41.3 Å². The Labute approximate surface area is 283 Å². The van der Waals surface area contributed by atoms with Crippen molar-refractivity contribution in [2.24, 2.45) is 5.92 Å². The fraction of sp³-hybridized carbons (Fsp3) is 0.361. The number of nitrogens with one attached hydrogen (secondary N) is 2. The molecule has 1 unspecified atom stereocenters. The molecule has 0 aliphatic carbocycles. The average molecular weight is 659 g/mol. The molecular formula is C36H34N8O5. The minimum absolute atomic E-state index is 0.0634. The summed E-state index contributed by atoms with van der Waals surface area (Å²) in [5.74, 6) is 4.13. The molecular weight excluding hydrogens is 624 g/mol. The summed E-state index contributed by atoms with van der Waals surface area (Å²) < 4.78 is 1.59. The van der Waals surface area contributed by atoms with Gasteiger partial charge < -0.3 is 15.1 Å². The summed E-state index contributed by atoms with van der Waals surface area (Å²) in [4.78, 5) is 72.3. The Morgan fingerprint density at radius 1 is 1.02 bits per heavy atom. The van der Waals surface area contributed by atoms with Crippen molar-refractivity contribution in [3.63, 3.8) is 0 Å².